The van der Waals surface area contributed by atoms with Crippen molar-refractivity contribution in [3.05, 3.63) is 12.2 Å². The fraction of sp³-hybridized carbons (Fsp3) is 0.714. The van der Waals surface area contributed by atoms with Crippen LogP contribution in [-0.2, 0) is 10.0 Å². The highest BCUT2D eigenvalue weighted by Crippen LogP contribution is 1.94. The summed E-state index contributed by atoms with van der Waals surface area (Å²) < 4.78 is 23.7. The Hall–Kier alpha value is -0.390. The third-order valence-electron chi connectivity index (χ3n) is 1.26. The van der Waals surface area contributed by atoms with Crippen molar-refractivity contribution in [3.63, 3.8) is 0 Å². The quantitative estimate of drug-likeness (QED) is 0.597. The first-order valence-electron chi connectivity index (χ1n) is 3.69. The van der Waals surface area contributed by atoms with Crippen molar-refractivity contribution in [2.24, 2.45) is 0 Å². The molecule has 0 rings (SSSR count). The summed E-state index contributed by atoms with van der Waals surface area (Å²) in [7, 11) is -3.21. The minimum absolute atomic E-state index is 0.183. The van der Waals surface area contributed by atoms with Gasteiger partial charge < -0.3 is 5.11 Å². The highest BCUT2D eigenvalue weighted by atomic mass is 32.2. The first-order valence-corrected chi connectivity index (χ1v) is 5.58. The van der Waals surface area contributed by atoms with E-state index in [1.807, 2.05) is 13.0 Å². The molecule has 0 bridgehead atoms. The van der Waals surface area contributed by atoms with Crippen LogP contribution in [0.1, 0.15) is 13.3 Å². The van der Waals surface area contributed by atoms with Gasteiger partial charge in [-0.15, -0.1) is 0 Å². The molecule has 2 N–H and O–H groups in total. The number of nitrogens with one attached hydrogen (secondary N) is 1. The van der Waals surface area contributed by atoms with Crippen molar-refractivity contribution in [3.8, 4) is 0 Å². The van der Waals surface area contributed by atoms with Gasteiger partial charge in [-0.1, -0.05) is 12.2 Å². The Morgan fingerprint density at radius 1 is 1.58 bits per heavy atom. The lowest BCUT2D eigenvalue weighted by Crippen LogP contribution is -2.36. The summed E-state index contributed by atoms with van der Waals surface area (Å²) >= 11 is 0. The molecule has 0 saturated heterocycles. The second-order valence-corrected chi connectivity index (χ2v) is 4.35. The van der Waals surface area contributed by atoms with Gasteiger partial charge in [-0.25, -0.2) is 13.1 Å². The SMILES string of the molecule is C/C=C/C[C@H](CO)NS(C)(=O)=O. The first-order chi connectivity index (χ1) is 5.49. The minimum atomic E-state index is -3.21. The topological polar surface area (TPSA) is 66.4 Å². The lowest BCUT2D eigenvalue weighted by Gasteiger charge is -2.11. The number of sulfonamides is 1. The predicted molar refractivity (Wildman–Crippen MR) is 48.3 cm³/mol. The summed E-state index contributed by atoms with van der Waals surface area (Å²) in [6.07, 6.45) is 5.21. The molecule has 1 atom stereocenters. The second kappa shape index (κ2) is 5.29. The monoisotopic (exact) mass is 193 g/mol. The van der Waals surface area contributed by atoms with Gasteiger partial charge in [-0.05, 0) is 13.3 Å². The van der Waals surface area contributed by atoms with E-state index in [2.05, 4.69) is 4.72 Å². The molecule has 0 aliphatic rings. The van der Waals surface area contributed by atoms with Gasteiger partial charge in [0.05, 0.1) is 12.9 Å². The van der Waals surface area contributed by atoms with Gasteiger partial charge in [0.15, 0.2) is 0 Å². The number of aliphatic hydroxyl groups is 1. The van der Waals surface area contributed by atoms with Crippen LogP contribution in [0.3, 0.4) is 0 Å². The van der Waals surface area contributed by atoms with Gasteiger partial charge in [-0.2, -0.15) is 0 Å². The average molecular weight is 193 g/mol. The Morgan fingerprint density at radius 3 is 2.50 bits per heavy atom. The van der Waals surface area contributed by atoms with Crippen molar-refractivity contribution >= 4 is 10.0 Å². The highest BCUT2D eigenvalue weighted by molar-refractivity contribution is 7.88. The van der Waals surface area contributed by atoms with Crippen molar-refractivity contribution in [1.29, 1.82) is 0 Å². The second-order valence-electron chi connectivity index (χ2n) is 2.57. The molecule has 0 saturated carbocycles. The molecule has 72 valence electrons. The number of allylic oxidation sites excluding steroid dienone is 1. The molecule has 5 heteroatoms. The van der Waals surface area contributed by atoms with Crippen molar-refractivity contribution < 1.29 is 13.5 Å². The van der Waals surface area contributed by atoms with Gasteiger partial charge in [-0.3, -0.25) is 0 Å². The highest BCUT2D eigenvalue weighted by Gasteiger charge is 2.10. The molecule has 12 heavy (non-hydrogen) atoms. The maximum Gasteiger partial charge on any atom is 0.209 e. The number of hydrogen-bond acceptors (Lipinski definition) is 3. The van der Waals surface area contributed by atoms with Crippen LogP contribution < -0.4 is 4.72 Å². The minimum Gasteiger partial charge on any atom is -0.395 e. The molecule has 0 heterocycles. The van der Waals surface area contributed by atoms with E-state index in [0.29, 0.717) is 6.42 Å². The summed E-state index contributed by atoms with van der Waals surface area (Å²) in [5, 5.41) is 8.76. The lowest BCUT2D eigenvalue weighted by atomic mass is 10.2. The van der Waals surface area contributed by atoms with E-state index in [4.69, 9.17) is 5.11 Å². The van der Waals surface area contributed by atoms with E-state index in [1.54, 1.807) is 6.08 Å². The van der Waals surface area contributed by atoms with Crippen molar-refractivity contribution in [2.75, 3.05) is 12.9 Å². The van der Waals surface area contributed by atoms with Crippen LogP contribution in [0.2, 0.25) is 0 Å². The normalized spacial score (nSPS) is 15.2. The summed E-state index contributed by atoms with van der Waals surface area (Å²) in [4.78, 5) is 0. The Morgan fingerprint density at radius 2 is 2.17 bits per heavy atom. The maximum atomic E-state index is 10.7. The Labute approximate surface area is 73.3 Å². The standard InChI is InChI=1S/C7H15NO3S/c1-3-4-5-7(6-9)8-12(2,10)11/h3-4,7-9H,5-6H2,1-2H3/b4-3+/t7-/m1/s1. The summed E-state index contributed by atoms with van der Waals surface area (Å²) in [6, 6.07) is -0.406. The lowest BCUT2D eigenvalue weighted by molar-refractivity contribution is 0.257. The Bertz CT molecular complexity index is 233. The fourth-order valence-corrected chi connectivity index (χ4v) is 1.54. The fourth-order valence-electron chi connectivity index (χ4n) is 0.763. The van der Waals surface area contributed by atoms with E-state index >= 15 is 0 Å². The van der Waals surface area contributed by atoms with E-state index in [9.17, 15) is 8.42 Å². The maximum absolute atomic E-state index is 10.7. The van der Waals surface area contributed by atoms with Gasteiger partial charge in [0.2, 0.25) is 10.0 Å². The molecule has 0 fully saturated rings. The van der Waals surface area contributed by atoms with Crippen LogP contribution >= 0.6 is 0 Å². The van der Waals surface area contributed by atoms with Gasteiger partial charge in [0, 0.05) is 6.04 Å². The van der Waals surface area contributed by atoms with E-state index in [1.165, 1.54) is 0 Å². The van der Waals surface area contributed by atoms with Crippen molar-refractivity contribution in [1.82, 2.24) is 4.72 Å². The molecule has 0 amide bonds. The van der Waals surface area contributed by atoms with Crippen molar-refractivity contribution in [2.45, 2.75) is 19.4 Å². The molecule has 0 radical (unpaired) electrons. The molecule has 0 spiro atoms. The Balaban J connectivity index is 4.00. The smallest absolute Gasteiger partial charge is 0.209 e. The van der Waals surface area contributed by atoms with Crippen LogP contribution in [0.15, 0.2) is 12.2 Å². The largest absolute Gasteiger partial charge is 0.395 e. The number of hydrogen-bond donors (Lipinski definition) is 2. The van der Waals surface area contributed by atoms with Crippen LogP contribution in [0, 0.1) is 0 Å². The zero-order valence-corrected chi connectivity index (χ0v) is 8.13. The molecule has 0 aromatic heterocycles. The molecular formula is C7H15NO3S. The van der Waals surface area contributed by atoms with Gasteiger partial charge in [0.25, 0.3) is 0 Å². The zero-order chi connectivity index (χ0) is 9.61. The number of aliphatic hydroxyl groups excluding tert-OH is 1. The summed E-state index contributed by atoms with van der Waals surface area (Å²) in [6.45, 7) is 1.66. The number of rotatable bonds is 5. The van der Waals surface area contributed by atoms with Gasteiger partial charge >= 0.3 is 0 Å². The molecule has 0 aromatic carbocycles. The molecule has 0 unspecified atom stereocenters. The van der Waals surface area contributed by atoms with E-state index in [-0.39, 0.29) is 6.61 Å². The Kier molecular flexibility index (Phi) is 5.12. The third kappa shape index (κ3) is 6.33. The molecule has 0 aromatic rings. The van der Waals surface area contributed by atoms with E-state index in [0.717, 1.165) is 6.26 Å². The average Bonchev–Trinajstić information content (AvgIpc) is 1.95. The van der Waals surface area contributed by atoms with E-state index < -0.39 is 16.1 Å². The molecule has 0 aliphatic carbocycles. The van der Waals surface area contributed by atoms with Gasteiger partial charge in [0.1, 0.15) is 0 Å². The van der Waals surface area contributed by atoms with Crippen LogP contribution in [0.4, 0.5) is 0 Å². The third-order valence-corrected chi connectivity index (χ3v) is 2.02. The summed E-state index contributed by atoms with van der Waals surface area (Å²) in [5.74, 6) is 0. The predicted octanol–water partition coefficient (Wildman–Crippen LogP) is -0.137. The molecule has 0 aliphatic heterocycles. The summed E-state index contributed by atoms with van der Waals surface area (Å²) in [5.41, 5.74) is 0. The van der Waals surface area contributed by atoms with Crippen LogP contribution in [-0.4, -0.2) is 32.4 Å². The van der Waals surface area contributed by atoms with Crippen LogP contribution in [0.25, 0.3) is 0 Å². The molecular weight excluding hydrogens is 178 g/mol. The van der Waals surface area contributed by atoms with Crippen LogP contribution in [0.5, 0.6) is 0 Å². The molecule has 4 nitrogen and oxygen atoms in total. The first kappa shape index (κ1) is 11.6. The zero-order valence-electron chi connectivity index (χ0n) is 7.32.